The van der Waals surface area contributed by atoms with Gasteiger partial charge in [0.05, 0.1) is 24.2 Å². The van der Waals surface area contributed by atoms with Gasteiger partial charge in [0.1, 0.15) is 15.8 Å². The molecular weight excluding hydrogens is 407 g/mol. The molecule has 0 bridgehead atoms. The number of aromatic nitrogens is 1. The van der Waals surface area contributed by atoms with E-state index in [2.05, 4.69) is 9.71 Å². The van der Waals surface area contributed by atoms with Gasteiger partial charge < -0.3 is 14.2 Å². The first kappa shape index (κ1) is 21.6. The second-order valence-electron chi connectivity index (χ2n) is 5.28. The maximum absolute atomic E-state index is 12.6. The summed E-state index contributed by atoms with van der Waals surface area (Å²) in [5.74, 6) is 0.157. The van der Waals surface area contributed by atoms with E-state index in [0.717, 1.165) is 0 Å². The van der Waals surface area contributed by atoms with Crippen molar-refractivity contribution in [1.29, 1.82) is 0 Å². The van der Waals surface area contributed by atoms with E-state index >= 15 is 0 Å². The number of halogens is 1. The first-order valence-corrected chi connectivity index (χ1v) is 9.20. The molecule has 10 heteroatoms. The van der Waals surface area contributed by atoms with Crippen molar-refractivity contribution in [2.24, 2.45) is 0 Å². The zero-order valence-corrected chi connectivity index (χ0v) is 18.9. The first-order valence-electron chi connectivity index (χ1n) is 7.38. The van der Waals surface area contributed by atoms with Crippen molar-refractivity contribution in [2.75, 3.05) is 13.7 Å². The zero-order valence-electron chi connectivity index (χ0n) is 14.2. The summed E-state index contributed by atoms with van der Waals surface area (Å²) < 4.78 is 39.4. The molecule has 0 unspecified atom stereocenters. The molecule has 0 fully saturated rings. The van der Waals surface area contributed by atoms with Crippen molar-refractivity contribution in [2.45, 2.75) is 17.7 Å². The molecule has 0 amide bonds. The predicted molar refractivity (Wildman–Crippen MR) is 91.5 cm³/mol. The summed E-state index contributed by atoms with van der Waals surface area (Å²) in [5, 5.41) is 0.234. The quantitative estimate of drug-likeness (QED) is 0.668. The summed E-state index contributed by atoms with van der Waals surface area (Å²) in [5.41, 5.74) is 0.256. The third kappa shape index (κ3) is 4.77. The Labute approximate surface area is 198 Å². The van der Waals surface area contributed by atoms with Crippen LogP contribution in [0.25, 0.3) is 4.72 Å². The Bertz CT molecular complexity index is 936. The molecule has 0 aliphatic carbocycles. The average molecular weight is 421 g/mol. The molecule has 0 saturated heterocycles. The smallest absolute Gasteiger partial charge is 0.571 e. The van der Waals surface area contributed by atoms with E-state index in [1.54, 1.807) is 0 Å². The number of hydrogen-bond acceptors (Lipinski definition) is 6. The van der Waals surface area contributed by atoms with Crippen molar-refractivity contribution in [3.8, 4) is 11.6 Å². The molecule has 1 aliphatic heterocycles. The summed E-state index contributed by atoms with van der Waals surface area (Å²) in [6.07, 6.45) is 2.14. The molecular formula is C16H14ClKN2O5S. The number of ether oxygens (including phenoxy) is 2. The normalized spacial score (nSPS) is 13.7. The monoisotopic (exact) mass is 420 g/mol. The molecule has 0 atom stereocenters. The van der Waals surface area contributed by atoms with Gasteiger partial charge in [-0.1, -0.05) is 17.7 Å². The van der Waals surface area contributed by atoms with Crippen molar-refractivity contribution >= 4 is 33.1 Å². The summed E-state index contributed by atoms with van der Waals surface area (Å²) >= 11 is 5.88. The Morgan fingerprint density at radius 1 is 1.31 bits per heavy atom. The van der Waals surface area contributed by atoms with Gasteiger partial charge in [-0.3, -0.25) is 4.79 Å². The van der Waals surface area contributed by atoms with Crippen LogP contribution in [0.3, 0.4) is 0 Å². The number of carbonyl (C=O) groups is 1. The van der Waals surface area contributed by atoms with Crippen molar-refractivity contribution in [1.82, 2.24) is 4.98 Å². The standard InChI is InChI=1S/C16H14ClN2O5S.K/c1-23-14-5-4-10(17)7-15(14)25(21,22)19-11-8-12-13(20)3-2-6-24-16(12)18-9-11;/h4-5,7-9H,2-3,6H2,1H3;/q-1;+1. The number of carbonyl (C=O) groups excluding carboxylic acids is 1. The van der Waals surface area contributed by atoms with Crippen LogP contribution < -0.4 is 60.9 Å². The zero-order chi connectivity index (χ0) is 18.0. The molecule has 1 aromatic heterocycles. The minimum Gasteiger partial charge on any atom is -0.571 e. The van der Waals surface area contributed by atoms with Crippen LogP contribution in [-0.4, -0.2) is 32.9 Å². The van der Waals surface area contributed by atoms with Crippen LogP contribution in [0.4, 0.5) is 5.69 Å². The Kier molecular flexibility index (Phi) is 7.49. The van der Waals surface area contributed by atoms with E-state index in [4.69, 9.17) is 21.1 Å². The average Bonchev–Trinajstić information content (AvgIpc) is 2.76. The summed E-state index contributed by atoms with van der Waals surface area (Å²) in [7, 11) is -2.76. The van der Waals surface area contributed by atoms with Crippen LogP contribution in [0.1, 0.15) is 23.2 Å². The van der Waals surface area contributed by atoms with Crippen LogP contribution in [-0.2, 0) is 10.0 Å². The third-order valence-electron chi connectivity index (χ3n) is 3.55. The first-order chi connectivity index (χ1) is 11.9. The van der Waals surface area contributed by atoms with E-state index in [0.29, 0.717) is 19.4 Å². The summed E-state index contributed by atoms with van der Waals surface area (Å²) in [6.45, 7) is 0.389. The Balaban J connectivity index is 0.00000243. The summed E-state index contributed by atoms with van der Waals surface area (Å²) in [6, 6.07) is 5.58. The largest absolute Gasteiger partial charge is 1.00 e. The number of methoxy groups -OCH3 is 1. The van der Waals surface area contributed by atoms with Gasteiger partial charge in [-0.2, -0.15) is 0 Å². The molecule has 2 heterocycles. The molecule has 0 spiro atoms. The number of benzene rings is 1. The molecule has 2 aromatic rings. The van der Waals surface area contributed by atoms with Gasteiger partial charge >= 0.3 is 51.4 Å². The second kappa shape index (κ2) is 9.00. The number of ketones is 1. The van der Waals surface area contributed by atoms with E-state index in [-0.39, 0.29) is 90.0 Å². The second-order valence-corrected chi connectivity index (χ2v) is 7.29. The molecule has 0 saturated carbocycles. The summed E-state index contributed by atoms with van der Waals surface area (Å²) in [4.78, 5) is 15.9. The van der Waals surface area contributed by atoms with Crippen LogP contribution in [0, 0.1) is 0 Å². The molecule has 1 aromatic carbocycles. The number of hydrogen-bond donors (Lipinski definition) is 0. The minimum absolute atomic E-state index is 0. The van der Waals surface area contributed by atoms with Gasteiger partial charge in [-0.15, -0.1) is 5.69 Å². The van der Waals surface area contributed by atoms with E-state index in [1.807, 2.05) is 0 Å². The van der Waals surface area contributed by atoms with Gasteiger partial charge in [-0.25, -0.2) is 13.4 Å². The number of pyridine rings is 1. The maximum atomic E-state index is 12.6. The topological polar surface area (TPSA) is 96.7 Å². The van der Waals surface area contributed by atoms with Gasteiger partial charge in [0.2, 0.25) is 5.88 Å². The molecule has 0 N–H and O–H groups in total. The van der Waals surface area contributed by atoms with Gasteiger partial charge in [0.25, 0.3) is 0 Å². The van der Waals surface area contributed by atoms with Crippen LogP contribution in [0.5, 0.6) is 11.6 Å². The van der Waals surface area contributed by atoms with Gasteiger partial charge in [-0.05, 0) is 24.6 Å². The van der Waals surface area contributed by atoms with Crippen LogP contribution >= 0.6 is 11.6 Å². The number of Topliss-reactive ketones (excluding diaryl/α,β-unsaturated/α-hetero) is 1. The number of rotatable bonds is 4. The van der Waals surface area contributed by atoms with Crippen LogP contribution in [0.2, 0.25) is 5.02 Å². The molecule has 132 valence electrons. The Morgan fingerprint density at radius 2 is 2.08 bits per heavy atom. The number of sulfonamides is 1. The fourth-order valence-electron chi connectivity index (χ4n) is 2.38. The number of nitrogens with zero attached hydrogens (tertiary/aromatic N) is 2. The van der Waals surface area contributed by atoms with E-state index in [1.165, 1.54) is 37.6 Å². The molecule has 7 nitrogen and oxygen atoms in total. The fraction of sp³-hybridized carbons (Fsp3) is 0.250. The van der Waals surface area contributed by atoms with Crippen molar-refractivity contribution < 1.29 is 74.1 Å². The maximum Gasteiger partial charge on any atom is 1.00 e. The van der Waals surface area contributed by atoms with Crippen molar-refractivity contribution in [3.05, 3.63) is 45.8 Å². The Hall–Kier alpha value is -0.684. The minimum atomic E-state index is -4.11. The van der Waals surface area contributed by atoms with Crippen molar-refractivity contribution in [3.63, 3.8) is 0 Å². The Morgan fingerprint density at radius 3 is 2.81 bits per heavy atom. The van der Waals surface area contributed by atoms with Gasteiger partial charge in [0.15, 0.2) is 5.78 Å². The van der Waals surface area contributed by atoms with Crippen LogP contribution in [0.15, 0.2) is 35.4 Å². The SMILES string of the molecule is COc1ccc(Cl)cc1S(=O)(=O)[N-]c1cnc2c(c1)C(=O)CCCO2.[K+]. The van der Waals surface area contributed by atoms with E-state index < -0.39 is 10.0 Å². The predicted octanol–water partition coefficient (Wildman–Crippen LogP) is 0.497. The number of fused-ring (bicyclic) bond motifs is 1. The third-order valence-corrected chi connectivity index (χ3v) is 5.11. The van der Waals surface area contributed by atoms with E-state index in [9.17, 15) is 13.2 Å². The molecule has 1 aliphatic rings. The van der Waals surface area contributed by atoms with Gasteiger partial charge in [0, 0.05) is 17.6 Å². The molecule has 26 heavy (non-hydrogen) atoms. The molecule has 3 rings (SSSR count). The fourth-order valence-corrected chi connectivity index (χ4v) is 3.78. The molecule has 0 radical (unpaired) electrons.